The summed E-state index contributed by atoms with van der Waals surface area (Å²) >= 11 is 0. The maximum Gasteiger partial charge on any atom is 2.00 e. The van der Waals surface area contributed by atoms with Crippen LogP contribution in [-0.2, 0) is 21.7 Å². The number of allylic oxidation sites excluding steroid dienone is 4. The molecule has 1 radical (unpaired) electrons. The molecule has 0 bridgehead atoms. The zero-order chi connectivity index (χ0) is 8.69. The smallest absolute Gasteiger partial charge is 1.00 e. The Kier molecular flexibility index (Phi) is 102. The van der Waals surface area contributed by atoms with E-state index in [9.17, 15) is 0 Å². The van der Waals surface area contributed by atoms with Crippen LogP contribution in [0.1, 0.15) is 6.42 Å². The van der Waals surface area contributed by atoms with Crippen molar-refractivity contribution < 1.29 is 46.5 Å². The minimum Gasteiger partial charge on any atom is -1.00 e. The van der Waals surface area contributed by atoms with Crippen molar-refractivity contribution in [3.8, 4) is 0 Å². The first kappa shape index (κ1) is 50.5. The van der Waals surface area contributed by atoms with Crippen LogP contribution in [0.25, 0.3) is 0 Å². The van der Waals surface area contributed by atoms with Crippen LogP contribution < -0.4 is 24.8 Å². The summed E-state index contributed by atoms with van der Waals surface area (Å²) in [6.45, 7) is 9.44. The number of hydrogen-bond donors (Lipinski definition) is 0. The zero-order valence-corrected chi connectivity index (χ0v) is 18.2. The molecule has 0 aromatic carbocycles. The van der Waals surface area contributed by atoms with E-state index in [0.29, 0.717) is 7.47 Å². The molecule has 0 aromatic heterocycles. The predicted octanol–water partition coefficient (Wildman–Crippen LogP) is -0.712. The second-order valence-corrected chi connectivity index (χ2v) is 12.0. The van der Waals surface area contributed by atoms with Crippen molar-refractivity contribution in [1.82, 2.24) is 0 Å². The molecule has 0 aliphatic heterocycles. The molecule has 113 valence electrons. The number of rotatable bonds is 1. The number of halogens is 2. The third-order valence-corrected chi connectivity index (χ3v) is 8.71. The number of hydrogen-bond acceptors (Lipinski definition) is 0. The van der Waals surface area contributed by atoms with Gasteiger partial charge in [0.2, 0.25) is 0 Å². The molecule has 18 heavy (non-hydrogen) atoms. The molecule has 0 N–H and O–H groups in total. The second-order valence-electron chi connectivity index (χ2n) is 2.93. The van der Waals surface area contributed by atoms with Crippen LogP contribution in [0.5, 0.6) is 0 Å². The van der Waals surface area contributed by atoms with Gasteiger partial charge in [-0.3, -0.25) is 0 Å². The molecule has 0 fully saturated rings. The predicted molar refractivity (Wildman–Crippen MR) is 84.8 cm³/mol. The van der Waals surface area contributed by atoms with Gasteiger partial charge in [-0.15, -0.1) is 7.47 Å². The molecule has 0 saturated carbocycles. The molecular weight excluding hydrogens is 334 g/mol. The van der Waals surface area contributed by atoms with Crippen molar-refractivity contribution in [2.75, 3.05) is 13.3 Å². The van der Waals surface area contributed by atoms with Crippen LogP contribution in [-0.4, -0.2) is 21.8 Å². The van der Waals surface area contributed by atoms with Crippen LogP contribution in [0.3, 0.4) is 0 Å². The monoisotopic (exact) mass is 363 g/mol. The maximum absolute atomic E-state index is 2.37. The summed E-state index contributed by atoms with van der Waals surface area (Å²) in [5.74, 6) is 0. The fourth-order valence-electron chi connectivity index (χ4n) is 0.393. The first-order valence-corrected chi connectivity index (χ1v) is 9.51. The summed E-state index contributed by atoms with van der Waals surface area (Å²) in [6.07, 6.45) is 9.50. The van der Waals surface area contributed by atoms with Crippen molar-refractivity contribution in [2.24, 2.45) is 0 Å². The standard InChI is InChI=1S/C5H6.C4H12PSi.4CH3.2ClH.Ti/c1-2-4-5-3-1;1-5(2)6(3)4;;;;;;;/h1-4H,5H2;1-4H3;4*1H3;2*1H;/q;;4*-1;;;+2/p-2. The Bertz CT molecular complexity index is 136. The molecule has 1 aliphatic rings. The van der Waals surface area contributed by atoms with E-state index in [1.165, 1.54) is 0 Å². The minimum atomic E-state index is 0. The molecule has 1 aliphatic carbocycles. The van der Waals surface area contributed by atoms with Crippen LogP contribution in [0.2, 0.25) is 13.1 Å². The Balaban J connectivity index is -0.0000000134. The van der Waals surface area contributed by atoms with Gasteiger partial charge < -0.3 is 54.5 Å². The topological polar surface area (TPSA) is 0 Å². The van der Waals surface area contributed by atoms with Gasteiger partial charge >= 0.3 is 21.7 Å². The van der Waals surface area contributed by atoms with E-state index in [-0.39, 0.29) is 84.7 Å². The van der Waals surface area contributed by atoms with Crippen molar-refractivity contribution >= 4 is 15.9 Å². The van der Waals surface area contributed by atoms with E-state index in [1.54, 1.807) is 0 Å². The third kappa shape index (κ3) is 43.3. The van der Waals surface area contributed by atoms with Crippen LogP contribution in [0.4, 0.5) is 0 Å². The van der Waals surface area contributed by atoms with E-state index in [2.05, 4.69) is 50.7 Å². The van der Waals surface area contributed by atoms with Gasteiger partial charge in [0.15, 0.2) is 0 Å². The van der Waals surface area contributed by atoms with Gasteiger partial charge in [-0.1, -0.05) is 37.4 Å². The van der Waals surface area contributed by atoms with E-state index in [1.807, 2.05) is 0 Å². The Hall–Kier alpha value is 1.42. The van der Waals surface area contributed by atoms with Gasteiger partial charge in [-0.25, -0.2) is 0 Å². The average molecular weight is 364 g/mol. The quantitative estimate of drug-likeness (QED) is 0.328. The van der Waals surface area contributed by atoms with E-state index >= 15 is 0 Å². The molecule has 0 saturated heterocycles. The second kappa shape index (κ2) is 36.2. The van der Waals surface area contributed by atoms with Crippen molar-refractivity contribution in [3.05, 3.63) is 54.0 Å². The Labute approximate surface area is 148 Å². The largest absolute Gasteiger partial charge is 2.00 e. The first-order valence-electron chi connectivity index (χ1n) is 3.93. The first-order chi connectivity index (χ1) is 5.14. The van der Waals surface area contributed by atoms with Gasteiger partial charge in [-0.2, -0.15) is 0 Å². The normalized spacial score (nSPS) is 8.56. The Morgan fingerprint density at radius 3 is 1.11 bits per heavy atom. The average Bonchev–Trinajstić information content (AvgIpc) is 2.41. The summed E-state index contributed by atoms with van der Waals surface area (Å²) in [5, 5.41) is 0. The molecule has 0 amide bonds. The van der Waals surface area contributed by atoms with Crippen LogP contribution in [0, 0.1) is 29.7 Å². The van der Waals surface area contributed by atoms with Crippen molar-refractivity contribution in [3.63, 3.8) is 0 Å². The third-order valence-electron chi connectivity index (χ3n) is 1.55. The molecular formula is C13H30Cl2PSiTi-4. The summed E-state index contributed by atoms with van der Waals surface area (Å²) in [7, 11) is 0.556. The SMILES string of the molecule is C1=CCC=C1.C[Si](C)P(C)C.[CH3-].[CH3-].[CH3-].[CH3-].[Cl-].[Cl-].[Ti+2]. The Morgan fingerprint density at radius 1 is 0.833 bits per heavy atom. The van der Waals surface area contributed by atoms with E-state index in [4.69, 9.17) is 0 Å². The molecule has 1 rings (SSSR count). The molecule has 0 spiro atoms. The van der Waals surface area contributed by atoms with Gasteiger partial charge in [-0.05, 0) is 19.8 Å². The molecule has 0 unspecified atom stereocenters. The summed E-state index contributed by atoms with van der Waals surface area (Å²) in [6, 6.07) is 0. The van der Waals surface area contributed by atoms with E-state index < -0.39 is 0 Å². The summed E-state index contributed by atoms with van der Waals surface area (Å²) in [5.41, 5.74) is 0. The fourth-order valence-corrected chi connectivity index (χ4v) is 0.393. The molecule has 0 atom stereocenters. The van der Waals surface area contributed by atoms with Crippen molar-refractivity contribution in [1.29, 1.82) is 0 Å². The van der Waals surface area contributed by atoms with Crippen molar-refractivity contribution in [2.45, 2.75) is 19.5 Å². The molecule has 0 heterocycles. The zero-order valence-electron chi connectivity index (χ0n) is 13.2. The molecule has 0 nitrogen and oxygen atoms in total. The molecule has 0 aromatic rings. The van der Waals surface area contributed by atoms with Crippen LogP contribution >= 0.6 is 7.47 Å². The van der Waals surface area contributed by atoms with Gasteiger partial charge in [0.25, 0.3) is 0 Å². The maximum atomic E-state index is 2.37. The Morgan fingerprint density at radius 2 is 1.06 bits per heavy atom. The summed E-state index contributed by atoms with van der Waals surface area (Å²) in [4.78, 5) is 0. The van der Waals surface area contributed by atoms with Gasteiger partial charge in [0, 0.05) is 0 Å². The van der Waals surface area contributed by atoms with E-state index in [0.717, 1.165) is 6.42 Å². The fraction of sp³-hybridized carbons (Fsp3) is 0.385. The molecule has 5 heteroatoms. The summed E-state index contributed by atoms with van der Waals surface area (Å²) < 4.78 is 0. The van der Waals surface area contributed by atoms with Gasteiger partial charge in [0.1, 0.15) is 0 Å². The van der Waals surface area contributed by atoms with Crippen LogP contribution in [0.15, 0.2) is 24.3 Å². The minimum absolute atomic E-state index is 0. The van der Waals surface area contributed by atoms with Gasteiger partial charge in [0.05, 0.1) is 8.46 Å².